The van der Waals surface area contributed by atoms with Gasteiger partial charge < -0.3 is 10.2 Å². The molecule has 2 heterocycles. The number of nitrogens with one attached hydrogen (secondary N) is 1. The first-order chi connectivity index (χ1) is 10.3. The van der Waals surface area contributed by atoms with Crippen LogP contribution in [0.5, 0.6) is 0 Å². The molecule has 1 N–H and O–H groups in total. The first-order valence-electron chi connectivity index (χ1n) is 7.93. The largest absolute Gasteiger partial charge is 0.369 e. The van der Waals surface area contributed by atoms with Crippen molar-refractivity contribution in [2.45, 2.75) is 26.2 Å². The van der Waals surface area contributed by atoms with Gasteiger partial charge in [0.15, 0.2) is 0 Å². The van der Waals surface area contributed by atoms with Crippen LogP contribution in [-0.2, 0) is 4.79 Å². The molecule has 5 nitrogen and oxygen atoms in total. The van der Waals surface area contributed by atoms with Gasteiger partial charge in [-0.2, -0.15) is 0 Å². The lowest BCUT2D eigenvalue weighted by molar-refractivity contribution is -0.121. The molecule has 1 amide bonds. The van der Waals surface area contributed by atoms with E-state index >= 15 is 0 Å². The standard InChI is InChI=1S/C16H26N4O/c1-2-4-16(21)18-7-3-10-19-11-13-20(14-12-19)15-5-8-17-9-6-15/h5-6,8-9H,2-4,7,10-14H2,1H3,(H,18,21). The molecule has 1 aliphatic rings. The van der Waals surface area contributed by atoms with Crippen molar-refractivity contribution in [1.82, 2.24) is 15.2 Å². The molecule has 1 fully saturated rings. The summed E-state index contributed by atoms with van der Waals surface area (Å²) in [5.41, 5.74) is 1.26. The highest BCUT2D eigenvalue weighted by molar-refractivity contribution is 5.75. The Balaban J connectivity index is 1.60. The highest BCUT2D eigenvalue weighted by Gasteiger charge is 2.16. The van der Waals surface area contributed by atoms with E-state index in [4.69, 9.17) is 0 Å². The van der Waals surface area contributed by atoms with Crippen LogP contribution in [0.25, 0.3) is 0 Å². The molecule has 0 unspecified atom stereocenters. The molecule has 21 heavy (non-hydrogen) atoms. The van der Waals surface area contributed by atoms with E-state index in [0.717, 1.165) is 52.1 Å². The molecule has 2 rings (SSSR count). The molecule has 1 aromatic heterocycles. The molecule has 0 radical (unpaired) electrons. The number of aromatic nitrogens is 1. The van der Waals surface area contributed by atoms with E-state index < -0.39 is 0 Å². The summed E-state index contributed by atoms with van der Waals surface area (Å²) in [6, 6.07) is 4.14. The molecule has 0 atom stereocenters. The Morgan fingerprint density at radius 1 is 1.24 bits per heavy atom. The zero-order valence-corrected chi connectivity index (χ0v) is 12.9. The van der Waals surface area contributed by atoms with Gasteiger partial charge in [-0.3, -0.25) is 14.7 Å². The third-order valence-electron chi connectivity index (χ3n) is 3.85. The summed E-state index contributed by atoms with van der Waals surface area (Å²) in [4.78, 5) is 20.3. The molecule has 0 bridgehead atoms. The van der Waals surface area contributed by atoms with Crippen molar-refractivity contribution in [3.8, 4) is 0 Å². The Morgan fingerprint density at radius 2 is 1.95 bits per heavy atom. The van der Waals surface area contributed by atoms with E-state index in [2.05, 4.69) is 32.2 Å². The van der Waals surface area contributed by atoms with Crippen LogP contribution in [0, 0.1) is 0 Å². The van der Waals surface area contributed by atoms with Gasteiger partial charge in [-0.1, -0.05) is 6.92 Å². The van der Waals surface area contributed by atoms with Crippen LogP contribution in [0.1, 0.15) is 26.2 Å². The monoisotopic (exact) mass is 290 g/mol. The Labute approximate surface area is 127 Å². The summed E-state index contributed by atoms with van der Waals surface area (Å²) in [6.07, 6.45) is 6.29. The molecular formula is C16H26N4O. The Bertz CT molecular complexity index is 416. The molecule has 116 valence electrons. The van der Waals surface area contributed by atoms with E-state index in [1.807, 2.05) is 19.3 Å². The predicted molar refractivity (Wildman–Crippen MR) is 85.4 cm³/mol. The fourth-order valence-electron chi connectivity index (χ4n) is 2.63. The number of carbonyl (C=O) groups is 1. The van der Waals surface area contributed by atoms with Gasteiger partial charge >= 0.3 is 0 Å². The summed E-state index contributed by atoms with van der Waals surface area (Å²) in [7, 11) is 0. The molecule has 0 aromatic carbocycles. The lowest BCUT2D eigenvalue weighted by Crippen LogP contribution is -2.47. The topological polar surface area (TPSA) is 48.5 Å². The van der Waals surface area contributed by atoms with Gasteiger partial charge in [0.2, 0.25) is 5.91 Å². The Kier molecular flexibility index (Phi) is 6.47. The van der Waals surface area contributed by atoms with Crippen molar-refractivity contribution in [3.63, 3.8) is 0 Å². The molecule has 5 heteroatoms. The van der Waals surface area contributed by atoms with Crippen LogP contribution < -0.4 is 10.2 Å². The second kappa shape index (κ2) is 8.62. The third kappa shape index (κ3) is 5.34. The summed E-state index contributed by atoms with van der Waals surface area (Å²) >= 11 is 0. The summed E-state index contributed by atoms with van der Waals surface area (Å²) in [6.45, 7) is 8.19. The number of hydrogen-bond donors (Lipinski definition) is 1. The van der Waals surface area contributed by atoms with Crippen LogP contribution in [0.4, 0.5) is 5.69 Å². The maximum Gasteiger partial charge on any atom is 0.219 e. The maximum absolute atomic E-state index is 11.4. The van der Waals surface area contributed by atoms with Gasteiger partial charge in [0.1, 0.15) is 0 Å². The van der Waals surface area contributed by atoms with Crippen molar-refractivity contribution < 1.29 is 4.79 Å². The summed E-state index contributed by atoms with van der Waals surface area (Å²) < 4.78 is 0. The second-order valence-corrected chi connectivity index (χ2v) is 5.49. The predicted octanol–water partition coefficient (Wildman–Crippen LogP) is 1.51. The second-order valence-electron chi connectivity index (χ2n) is 5.49. The zero-order chi connectivity index (χ0) is 14.9. The molecule has 0 aliphatic carbocycles. The Morgan fingerprint density at radius 3 is 2.62 bits per heavy atom. The van der Waals surface area contributed by atoms with Crippen LogP contribution in [0.3, 0.4) is 0 Å². The van der Waals surface area contributed by atoms with Gasteiger partial charge in [0.25, 0.3) is 0 Å². The Hall–Kier alpha value is -1.62. The number of nitrogens with zero attached hydrogens (tertiary/aromatic N) is 3. The number of piperazine rings is 1. The van der Waals surface area contributed by atoms with Crippen LogP contribution in [0.15, 0.2) is 24.5 Å². The first-order valence-corrected chi connectivity index (χ1v) is 7.93. The third-order valence-corrected chi connectivity index (χ3v) is 3.85. The van der Waals surface area contributed by atoms with Crippen LogP contribution in [-0.4, -0.2) is 55.1 Å². The van der Waals surface area contributed by atoms with Crippen LogP contribution >= 0.6 is 0 Å². The summed E-state index contributed by atoms with van der Waals surface area (Å²) in [5.74, 6) is 0.181. The number of pyridine rings is 1. The SMILES string of the molecule is CCCC(=O)NCCCN1CCN(c2ccncc2)CC1. The minimum absolute atomic E-state index is 0.181. The highest BCUT2D eigenvalue weighted by atomic mass is 16.1. The molecule has 0 saturated carbocycles. The van der Waals surface area contributed by atoms with Gasteiger partial charge in [0, 0.05) is 57.2 Å². The molecule has 1 saturated heterocycles. The van der Waals surface area contributed by atoms with Crippen molar-refractivity contribution in [3.05, 3.63) is 24.5 Å². The fraction of sp³-hybridized carbons (Fsp3) is 0.625. The first kappa shape index (κ1) is 15.8. The smallest absolute Gasteiger partial charge is 0.219 e. The number of hydrogen-bond acceptors (Lipinski definition) is 4. The van der Waals surface area contributed by atoms with Gasteiger partial charge in [-0.05, 0) is 31.5 Å². The zero-order valence-electron chi connectivity index (χ0n) is 12.9. The number of carbonyl (C=O) groups excluding carboxylic acids is 1. The lowest BCUT2D eigenvalue weighted by Gasteiger charge is -2.36. The van der Waals surface area contributed by atoms with Crippen molar-refractivity contribution in [2.75, 3.05) is 44.2 Å². The van der Waals surface area contributed by atoms with E-state index in [0.29, 0.717) is 6.42 Å². The molecule has 0 spiro atoms. The van der Waals surface area contributed by atoms with Crippen molar-refractivity contribution in [1.29, 1.82) is 0 Å². The number of amides is 1. The summed E-state index contributed by atoms with van der Waals surface area (Å²) in [5, 5.41) is 2.97. The van der Waals surface area contributed by atoms with E-state index in [-0.39, 0.29) is 5.91 Å². The highest BCUT2D eigenvalue weighted by Crippen LogP contribution is 2.14. The van der Waals surface area contributed by atoms with E-state index in [1.165, 1.54) is 5.69 Å². The average Bonchev–Trinajstić information content (AvgIpc) is 2.53. The van der Waals surface area contributed by atoms with Crippen molar-refractivity contribution in [2.24, 2.45) is 0 Å². The molecular weight excluding hydrogens is 264 g/mol. The fourth-order valence-corrected chi connectivity index (χ4v) is 2.63. The maximum atomic E-state index is 11.4. The van der Waals surface area contributed by atoms with E-state index in [1.54, 1.807) is 0 Å². The van der Waals surface area contributed by atoms with Gasteiger partial charge in [-0.25, -0.2) is 0 Å². The minimum atomic E-state index is 0.181. The number of rotatable bonds is 7. The van der Waals surface area contributed by atoms with Crippen LogP contribution in [0.2, 0.25) is 0 Å². The lowest BCUT2D eigenvalue weighted by atomic mass is 10.2. The average molecular weight is 290 g/mol. The minimum Gasteiger partial charge on any atom is -0.369 e. The molecule has 1 aliphatic heterocycles. The van der Waals surface area contributed by atoms with E-state index in [9.17, 15) is 4.79 Å². The van der Waals surface area contributed by atoms with Gasteiger partial charge in [0.05, 0.1) is 0 Å². The normalized spacial score (nSPS) is 16.0. The molecule has 1 aromatic rings. The van der Waals surface area contributed by atoms with Gasteiger partial charge in [-0.15, -0.1) is 0 Å². The van der Waals surface area contributed by atoms with Crippen molar-refractivity contribution >= 4 is 11.6 Å². The quantitative estimate of drug-likeness (QED) is 0.773. The number of anilines is 1.